The van der Waals surface area contributed by atoms with Gasteiger partial charge in [-0.25, -0.2) is 0 Å². The van der Waals surface area contributed by atoms with Gasteiger partial charge in [-0.15, -0.1) is 0 Å². The average molecular weight is 164 g/mol. The summed E-state index contributed by atoms with van der Waals surface area (Å²) in [7, 11) is 0. The van der Waals surface area contributed by atoms with Crippen LogP contribution < -0.4 is 0 Å². The molecule has 0 aromatic rings. The number of allylic oxidation sites excluding steroid dienone is 2. The zero-order valence-corrected chi connectivity index (χ0v) is 8.51. The summed E-state index contributed by atoms with van der Waals surface area (Å²) in [6.45, 7) is 7.03. The lowest BCUT2D eigenvalue weighted by Gasteiger charge is -2.29. The van der Waals surface area contributed by atoms with Crippen molar-refractivity contribution in [1.82, 2.24) is 0 Å². The summed E-state index contributed by atoms with van der Waals surface area (Å²) < 4.78 is 0. The first kappa shape index (κ1) is 8.34. The van der Waals surface area contributed by atoms with Gasteiger partial charge in [-0.05, 0) is 43.4 Å². The Kier molecular flexibility index (Phi) is 2.02. The Bertz CT molecular complexity index is 200. The SMILES string of the molecule is C/C=C1\CC2CC1C(C)C2CC. The van der Waals surface area contributed by atoms with Crippen molar-refractivity contribution >= 4 is 0 Å². The summed E-state index contributed by atoms with van der Waals surface area (Å²) in [4.78, 5) is 0. The highest BCUT2D eigenvalue weighted by molar-refractivity contribution is 5.19. The van der Waals surface area contributed by atoms with Crippen molar-refractivity contribution in [3.05, 3.63) is 11.6 Å². The topological polar surface area (TPSA) is 0 Å². The van der Waals surface area contributed by atoms with Crippen molar-refractivity contribution in [3.8, 4) is 0 Å². The Morgan fingerprint density at radius 1 is 1.50 bits per heavy atom. The van der Waals surface area contributed by atoms with E-state index in [9.17, 15) is 0 Å². The molecule has 0 N–H and O–H groups in total. The van der Waals surface area contributed by atoms with Crippen LogP contribution in [0.5, 0.6) is 0 Å². The molecule has 0 amide bonds. The molecule has 0 saturated heterocycles. The Balaban J connectivity index is 2.17. The largest absolute Gasteiger partial charge is 0.0882 e. The maximum absolute atomic E-state index is 2.46. The molecule has 2 aliphatic rings. The summed E-state index contributed by atoms with van der Waals surface area (Å²) in [5.41, 5.74) is 1.76. The van der Waals surface area contributed by atoms with Crippen molar-refractivity contribution in [2.75, 3.05) is 0 Å². The van der Waals surface area contributed by atoms with Gasteiger partial charge >= 0.3 is 0 Å². The van der Waals surface area contributed by atoms with Crippen LogP contribution in [0, 0.1) is 23.7 Å². The smallest absolute Gasteiger partial charge is 0.0172 e. The van der Waals surface area contributed by atoms with Gasteiger partial charge in [0.1, 0.15) is 0 Å². The lowest BCUT2D eigenvalue weighted by Crippen LogP contribution is -2.20. The Morgan fingerprint density at radius 3 is 2.75 bits per heavy atom. The average Bonchev–Trinajstić information content (AvgIpc) is 2.60. The highest BCUT2D eigenvalue weighted by Gasteiger charge is 2.46. The van der Waals surface area contributed by atoms with E-state index in [-0.39, 0.29) is 0 Å². The minimum absolute atomic E-state index is 0.963. The molecule has 4 atom stereocenters. The van der Waals surface area contributed by atoms with Gasteiger partial charge in [0.2, 0.25) is 0 Å². The fourth-order valence-corrected chi connectivity index (χ4v) is 3.66. The van der Waals surface area contributed by atoms with E-state index < -0.39 is 0 Å². The van der Waals surface area contributed by atoms with E-state index in [2.05, 4.69) is 26.8 Å². The molecule has 4 unspecified atom stereocenters. The maximum Gasteiger partial charge on any atom is -0.0172 e. The van der Waals surface area contributed by atoms with Gasteiger partial charge in [-0.3, -0.25) is 0 Å². The van der Waals surface area contributed by atoms with Crippen LogP contribution in [0.2, 0.25) is 0 Å². The predicted molar refractivity (Wildman–Crippen MR) is 52.9 cm³/mol. The summed E-state index contributed by atoms with van der Waals surface area (Å²) in [6, 6.07) is 0. The molecule has 0 heterocycles. The first-order valence-corrected chi connectivity index (χ1v) is 5.43. The lowest BCUT2D eigenvalue weighted by molar-refractivity contribution is 0.271. The number of rotatable bonds is 1. The minimum atomic E-state index is 0.963. The third-order valence-electron chi connectivity index (χ3n) is 4.29. The van der Waals surface area contributed by atoms with Gasteiger partial charge in [-0.2, -0.15) is 0 Å². The molecular formula is C12H20. The summed E-state index contributed by atoms with van der Waals surface area (Å²) in [6.07, 6.45) is 6.69. The van der Waals surface area contributed by atoms with E-state index in [1.807, 2.05) is 0 Å². The van der Waals surface area contributed by atoms with Crippen LogP contribution in [0.15, 0.2) is 11.6 Å². The molecule has 2 bridgehead atoms. The summed E-state index contributed by atoms with van der Waals surface area (Å²) >= 11 is 0. The Labute approximate surface area is 76.1 Å². The molecule has 0 heteroatoms. The first-order valence-electron chi connectivity index (χ1n) is 5.43. The molecule has 68 valence electrons. The quantitative estimate of drug-likeness (QED) is 0.519. The minimum Gasteiger partial charge on any atom is -0.0882 e. The number of hydrogen-bond donors (Lipinski definition) is 0. The second kappa shape index (κ2) is 2.90. The fraction of sp³-hybridized carbons (Fsp3) is 0.833. The molecule has 2 fully saturated rings. The van der Waals surface area contributed by atoms with E-state index >= 15 is 0 Å². The normalized spacial score (nSPS) is 49.1. The van der Waals surface area contributed by atoms with Gasteiger partial charge in [-0.1, -0.05) is 31.9 Å². The summed E-state index contributed by atoms with van der Waals surface area (Å²) in [5.74, 6) is 4.02. The molecule has 0 nitrogen and oxygen atoms in total. The number of hydrogen-bond acceptors (Lipinski definition) is 0. The van der Waals surface area contributed by atoms with Crippen LogP contribution in [0.4, 0.5) is 0 Å². The lowest BCUT2D eigenvalue weighted by atomic mass is 9.76. The van der Waals surface area contributed by atoms with Gasteiger partial charge in [0.05, 0.1) is 0 Å². The van der Waals surface area contributed by atoms with Crippen molar-refractivity contribution in [2.24, 2.45) is 23.7 Å². The molecule has 2 saturated carbocycles. The van der Waals surface area contributed by atoms with E-state index in [1.165, 1.54) is 19.3 Å². The highest BCUT2D eigenvalue weighted by atomic mass is 14.5. The van der Waals surface area contributed by atoms with E-state index in [1.54, 1.807) is 5.57 Å². The van der Waals surface area contributed by atoms with Crippen LogP contribution in [-0.2, 0) is 0 Å². The molecule has 0 spiro atoms. The van der Waals surface area contributed by atoms with E-state index in [0.717, 1.165) is 23.7 Å². The second-order valence-corrected chi connectivity index (χ2v) is 4.60. The molecule has 0 radical (unpaired) electrons. The Morgan fingerprint density at radius 2 is 2.25 bits per heavy atom. The first-order chi connectivity index (χ1) is 5.77. The van der Waals surface area contributed by atoms with E-state index in [0.29, 0.717) is 0 Å². The summed E-state index contributed by atoms with van der Waals surface area (Å²) in [5, 5.41) is 0. The third kappa shape index (κ3) is 0.967. The maximum atomic E-state index is 2.46. The van der Waals surface area contributed by atoms with Crippen LogP contribution in [-0.4, -0.2) is 0 Å². The molecular weight excluding hydrogens is 144 g/mol. The molecule has 2 rings (SSSR count). The standard InChI is InChI=1S/C12H20/c1-4-9-6-10-7-12(9)8(3)11(10)5-2/h4,8,10-12H,5-7H2,1-3H3/b9-4+. The van der Waals surface area contributed by atoms with Crippen LogP contribution in [0.3, 0.4) is 0 Å². The number of fused-ring (bicyclic) bond motifs is 2. The fourth-order valence-electron chi connectivity index (χ4n) is 3.66. The van der Waals surface area contributed by atoms with Gasteiger partial charge in [0.15, 0.2) is 0 Å². The molecule has 0 aromatic heterocycles. The predicted octanol–water partition coefficient (Wildman–Crippen LogP) is 3.63. The molecule has 2 aliphatic carbocycles. The van der Waals surface area contributed by atoms with Gasteiger partial charge in [0.25, 0.3) is 0 Å². The van der Waals surface area contributed by atoms with Crippen molar-refractivity contribution in [2.45, 2.75) is 40.0 Å². The zero-order valence-electron chi connectivity index (χ0n) is 8.51. The zero-order chi connectivity index (χ0) is 8.72. The molecule has 0 aromatic carbocycles. The van der Waals surface area contributed by atoms with Crippen molar-refractivity contribution in [3.63, 3.8) is 0 Å². The van der Waals surface area contributed by atoms with Crippen LogP contribution >= 0.6 is 0 Å². The third-order valence-corrected chi connectivity index (χ3v) is 4.29. The van der Waals surface area contributed by atoms with Gasteiger partial charge in [0, 0.05) is 0 Å². The molecule has 0 aliphatic heterocycles. The van der Waals surface area contributed by atoms with Crippen LogP contribution in [0.1, 0.15) is 40.0 Å². The van der Waals surface area contributed by atoms with Gasteiger partial charge < -0.3 is 0 Å². The van der Waals surface area contributed by atoms with Crippen molar-refractivity contribution < 1.29 is 0 Å². The monoisotopic (exact) mass is 164 g/mol. The molecule has 12 heavy (non-hydrogen) atoms. The van der Waals surface area contributed by atoms with Crippen LogP contribution in [0.25, 0.3) is 0 Å². The van der Waals surface area contributed by atoms with Crippen molar-refractivity contribution in [1.29, 1.82) is 0 Å². The van der Waals surface area contributed by atoms with E-state index in [4.69, 9.17) is 0 Å². The second-order valence-electron chi connectivity index (χ2n) is 4.60. The Hall–Kier alpha value is -0.260. The highest BCUT2D eigenvalue weighted by Crippen LogP contribution is 2.55.